The van der Waals surface area contributed by atoms with E-state index >= 15 is 0 Å². The molecule has 0 spiro atoms. The highest BCUT2D eigenvalue weighted by atomic mass is 16.5. The number of esters is 1. The standard InChI is InChI=1S/C19H25N5O2/c1-2-26-19(25)14-7-9-15(10-8-14)23-17-16(20)18(22-13-21-17)24-11-5-3-4-6-12-24/h7-10,13H,2-6,11-12,20H2,1H3,(H,21,22,23). The highest BCUT2D eigenvalue weighted by Gasteiger charge is 2.17. The fourth-order valence-corrected chi connectivity index (χ4v) is 3.06. The van der Waals surface area contributed by atoms with Gasteiger partial charge in [0.1, 0.15) is 12.0 Å². The summed E-state index contributed by atoms with van der Waals surface area (Å²) in [6.07, 6.45) is 6.34. The Hall–Kier alpha value is -2.83. The number of nitrogen functional groups attached to an aromatic ring is 1. The Bertz CT molecular complexity index is 740. The Morgan fingerprint density at radius 1 is 1.15 bits per heavy atom. The van der Waals surface area contributed by atoms with Crippen LogP contribution in [0.4, 0.5) is 23.0 Å². The number of hydrogen-bond donors (Lipinski definition) is 2. The molecule has 1 aromatic carbocycles. The van der Waals surface area contributed by atoms with Gasteiger partial charge >= 0.3 is 5.97 Å². The minimum atomic E-state index is -0.330. The summed E-state index contributed by atoms with van der Waals surface area (Å²) in [6, 6.07) is 7.04. The van der Waals surface area contributed by atoms with E-state index in [-0.39, 0.29) is 5.97 Å². The van der Waals surface area contributed by atoms with Crippen molar-refractivity contribution in [2.24, 2.45) is 0 Å². The molecule has 2 aromatic rings. The molecule has 0 amide bonds. The van der Waals surface area contributed by atoms with Crippen LogP contribution in [0.25, 0.3) is 0 Å². The Labute approximate surface area is 153 Å². The number of hydrogen-bond acceptors (Lipinski definition) is 7. The van der Waals surface area contributed by atoms with Crippen LogP contribution in [0.1, 0.15) is 43.0 Å². The van der Waals surface area contributed by atoms with Crippen molar-refractivity contribution in [1.29, 1.82) is 0 Å². The quantitative estimate of drug-likeness (QED) is 0.794. The molecule has 26 heavy (non-hydrogen) atoms. The van der Waals surface area contributed by atoms with Crippen molar-refractivity contribution in [3.8, 4) is 0 Å². The molecule has 138 valence electrons. The lowest BCUT2D eigenvalue weighted by atomic mass is 10.2. The number of anilines is 4. The van der Waals surface area contributed by atoms with Gasteiger partial charge in [0.25, 0.3) is 0 Å². The molecule has 0 saturated carbocycles. The molecular formula is C19H25N5O2. The summed E-state index contributed by atoms with van der Waals surface area (Å²) in [7, 11) is 0. The SMILES string of the molecule is CCOC(=O)c1ccc(Nc2ncnc(N3CCCCCC3)c2N)cc1. The summed E-state index contributed by atoms with van der Waals surface area (Å²) in [5.41, 5.74) is 8.18. The second-order valence-electron chi connectivity index (χ2n) is 6.28. The first-order valence-electron chi connectivity index (χ1n) is 9.08. The molecule has 7 heteroatoms. The number of carbonyl (C=O) groups is 1. The van der Waals surface area contributed by atoms with E-state index in [0.29, 0.717) is 23.7 Å². The van der Waals surface area contributed by atoms with Gasteiger partial charge in [-0.25, -0.2) is 14.8 Å². The monoisotopic (exact) mass is 355 g/mol. The first-order valence-corrected chi connectivity index (χ1v) is 9.08. The molecule has 7 nitrogen and oxygen atoms in total. The van der Waals surface area contributed by atoms with Gasteiger partial charge < -0.3 is 20.7 Å². The smallest absolute Gasteiger partial charge is 0.338 e. The summed E-state index contributed by atoms with van der Waals surface area (Å²) in [4.78, 5) is 22.6. The van der Waals surface area contributed by atoms with Crippen molar-refractivity contribution >= 4 is 29.0 Å². The molecule has 3 N–H and O–H groups in total. The normalized spacial score (nSPS) is 14.6. The molecule has 3 rings (SSSR count). The van der Waals surface area contributed by atoms with Crippen molar-refractivity contribution in [3.05, 3.63) is 36.2 Å². The molecular weight excluding hydrogens is 330 g/mol. The van der Waals surface area contributed by atoms with Gasteiger partial charge in [-0.15, -0.1) is 0 Å². The van der Waals surface area contributed by atoms with Gasteiger partial charge in [-0.05, 0) is 44.0 Å². The summed E-state index contributed by atoms with van der Waals surface area (Å²) >= 11 is 0. The van der Waals surface area contributed by atoms with E-state index in [2.05, 4.69) is 20.2 Å². The van der Waals surface area contributed by atoms with Crippen molar-refractivity contribution in [3.63, 3.8) is 0 Å². The second kappa shape index (κ2) is 8.51. The summed E-state index contributed by atoms with van der Waals surface area (Å²) in [5, 5.41) is 3.21. The van der Waals surface area contributed by atoms with Crippen LogP contribution in [0.3, 0.4) is 0 Å². The lowest BCUT2D eigenvalue weighted by Gasteiger charge is -2.23. The van der Waals surface area contributed by atoms with E-state index in [1.165, 1.54) is 19.2 Å². The van der Waals surface area contributed by atoms with Crippen molar-refractivity contribution in [1.82, 2.24) is 9.97 Å². The molecule has 1 aromatic heterocycles. The Kier molecular flexibility index (Phi) is 5.88. The third-order valence-electron chi connectivity index (χ3n) is 4.43. The Morgan fingerprint density at radius 2 is 1.85 bits per heavy atom. The van der Waals surface area contributed by atoms with Crippen LogP contribution in [0.2, 0.25) is 0 Å². The predicted molar refractivity (Wildman–Crippen MR) is 103 cm³/mol. The molecule has 0 unspecified atom stereocenters. The van der Waals surface area contributed by atoms with E-state index in [1.54, 1.807) is 31.2 Å². The lowest BCUT2D eigenvalue weighted by Crippen LogP contribution is -2.26. The topological polar surface area (TPSA) is 93.4 Å². The number of nitrogens with one attached hydrogen (secondary N) is 1. The molecule has 0 radical (unpaired) electrons. The Balaban J connectivity index is 1.75. The number of benzene rings is 1. The van der Waals surface area contributed by atoms with Crippen LogP contribution in [-0.2, 0) is 4.74 Å². The number of ether oxygens (including phenoxy) is 1. The van der Waals surface area contributed by atoms with Crippen molar-refractivity contribution < 1.29 is 9.53 Å². The number of nitrogens with two attached hydrogens (primary N) is 1. The minimum absolute atomic E-state index is 0.330. The molecule has 1 saturated heterocycles. The maximum atomic E-state index is 11.7. The summed E-state index contributed by atoms with van der Waals surface area (Å²) in [6.45, 7) is 4.08. The fourth-order valence-electron chi connectivity index (χ4n) is 3.06. The number of nitrogens with zero attached hydrogens (tertiary/aromatic N) is 3. The van der Waals surface area contributed by atoms with Gasteiger partial charge in [0.2, 0.25) is 0 Å². The van der Waals surface area contributed by atoms with Crippen LogP contribution in [0.5, 0.6) is 0 Å². The zero-order valence-electron chi connectivity index (χ0n) is 15.1. The Morgan fingerprint density at radius 3 is 2.50 bits per heavy atom. The maximum Gasteiger partial charge on any atom is 0.338 e. The largest absolute Gasteiger partial charge is 0.462 e. The molecule has 0 aliphatic carbocycles. The van der Waals surface area contributed by atoms with E-state index in [4.69, 9.17) is 10.5 Å². The van der Waals surface area contributed by atoms with E-state index < -0.39 is 0 Å². The van der Waals surface area contributed by atoms with Gasteiger partial charge in [-0.3, -0.25) is 0 Å². The highest BCUT2D eigenvalue weighted by molar-refractivity contribution is 5.90. The third-order valence-corrected chi connectivity index (χ3v) is 4.43. The molecule has 1 aliphatic rings. The first kappa shape index (κ1) is 18.0. The molecule has 1 fully saturated rings. The van der Waals surface area contributed by atoms with Gasteiger partial charge in [0, 0.05) is 18.8 Å². The fraction of sp³-hybridized carbons (Fsp3) is 0.421. The molecule has 0 atom stereocenters. The summed E-state index contributed by atoms with van der Waals surface area (Å²) in [5.74, 6) is 1.03. The molecule has 0 bridgehead atoms. The van der Waals surface area contributed by atoms with Crippen LogP contribution in [0, 0.1) is 0 Å². The van der Waals surface area contributed by atoms with Crippen molar-refractivity contribution in [2.75, 3.05) is 35.6 Å². The van der Waals surface area contributed by atoms with E-state index in [0.717, 1.165) is 37.4 Å². The van der Waals surface area contributed by atoms with Crippen molar-refractivity contribution in [2.45, 2.75) is 32.6 Å². The van der Waals surface area contributed by atoms with Crippen LogP contribution < -0.4 is 16.0 Å². The van der Waals surface area contributed by atoms with Crippen LogP contribution in [-0.4, -0.2) is 35.6 Å². The zero-order valence-corrected chi connectivity index (χ0v) is 15.1. The maximum absolute atomic E-state index is 11.7. The summed E-state index contributed by atoms with van der Waals surface area (Å²) < 4.78 is 4.99. The average molecular weight is 355 g/mol. The van der Waals surface area contributed by atoms with Gasteiger partial charge in [-0.2, -0.15) is 0 Å². The predicted octanol–water partition coefficient (Wildman–Crippen LogP) is 3.36. The number of carbonyl (C=O) groups excluding carboxylic acids is 1. The van der Waals surface area contributed by atoms with E-state index in [9.17, 15) is 4.79 Å². The van der Waals surface area contributed by atoms with E-state index in [1.807, 2.05) is 0 Å². The second-order valence-corrected chi connectivity index (χ2v) is 6.28. The average Bonchev–Trinajstić information content (AvgIpc) is 2.93. The third kappa shape index (κ3) is 4.22. The zero-order chi connectivity index (χ0) is 18.4. The number of rotatable bonds is 5. The van der Waals surface area contributed by atoms with Gasteiger partial charge in [-0.1, -0.05) is 12.8 Å². The molecule has 2 heterocycles. The minimum Gasteiger partial charge on any atom is -0.462 e. The number of aromatic nitrogens is 2. The lowest BCUT2D eigenvalue weighted by molar-refractivity contribution is 0.0526. The van der Waals surface area contributed by atoms with Crippen LogP contribution >= 0.6 is 0 Å². The first-order chi connectivity index (χ1) is 12.7. The van der Waals surface area contributed by atoms with Gasteiger partial charge in [0.15, 0.2) is 11.6 Å². The van der Waals surface area contributed by atoms with Gasteiger partial charge in [0.05, 0.1) is 12.2 Å². The van der Waals surface area contributed by atoms with Crippen LogP contribution in [0.15, 0.2) is 30.6 Å². The molecule has 1 aliphatic heterocycles. The highest BCUT2D eigenvalue weighted by Crippen LogP contribution is 2.30.